The van der Waals surface area contributed by atoms with E-state index in [1.165, 1.54) is 4.88 Å². The van der Waals surface area contributed by atoms with Crippen molar-refractivity contribution in [1.82, 2.24) is 15.3 Å². The molecule has 3 aromatic rings. The third kappa shape index (κ3) is 5.13. The molecule has 1 amide bonds. The number of amides is 1. The lowest BCUT2D eigenvalue weighted by molar-refractivity contribution is -0.139. The molecule has 1 unspecified atom stereocenters. The van der Waals surface area contributed by atoms with Crippen molar-refractivity contribution in [3.63, 3.8) is 0 Å². The van der Waals surface area contributed by atoms with E-state index in [1.54, 1.807) is 23.5 Å². The normalized spacial score (nSPS) is 12.0. The number of rotatable bonds is 9. The molecule has 8 heteroatoms. The number of aromatic nitrogens is 2. The number of hydrogen-bond acceptors (Lipinski definition) is 6. The molecule has 30 heavy (non-hydrogen) atoms. The number of nitrogens with one attached hydrogen (secondary N) is 2. The molecule has 3 N–H and O–H groups in total. The maximum absolute atomic E-state index is 12.3. The van der Waals surface area contributed by atoms with Gasteiger partial charge in [-0.05, 0) is 43.5 Å². The van der Waals surface area contributed by atoms with Gasteiger partial charge in [0.1, 0.15) is 22.5 Å². The first-order chi connectivity index (χ1) is 14.4. The van der Waals surface area contributed by atoms with Crippen LogP contribution in [-0.4, -0.2) is 33.0 Å². The minimum absolute atomic E-state index is 0.381. The number of nitrogens with zero attached hydrogens (tertiary/aromatic N) is 2. The summed E-state index contributed by atoms with van der Waals surface area (Å²) < 4.78 is 0. The number of benzene rings is 1. The maximum Gasteiger partial charge on any atom is 0.326 e. The zero-order valence-corrected chi connectivity index (χ0v) is 18.2. The maximum atomic E-state index is 12.3. The minimum Gasteiger partial charge on any atom is -0.480 e. The van der Waals surface area contributed by atoms with Crippen molar-refractivity contribution < 1.29 is 14.7 Å². The molecule has 1 atom stereocenters. The third-order valence-corrected chi connectivity index (χ3v) is 5.93. The van der Waals surface area contributed by atoms with Crippen LogP contribution in [0.3, 0.4) is 0 Å². The van der Waals surface area contributed by atoms with Crippen molar-refractivity contribution in [2.24, 2.45) is 0 Å². The molecule has 0 bridgehead atoms. The van der Waals surface area contributed by atoms with Crippen LogP contribution in [0.2, 0.25) is 0 Å². The number of anilines is 1. The molecule has 0 aliphatic rings. The Morgan fingerprint density at radius 1 is 1.17 bits per heavy atom. The van der Waals surface area contributed by atoms with E-state index < -0.39 is 12.0 Å². The molecule has 0 aliphatic carbocycles. The van der Waals surface area contributed by atoms with Crippen molar-refractivity contribution in [1.29, 1.82) is 0 Å². The molecule has 158 valence electrons. The van der Waals surface area contributed by atoms with E-state index in [0.717, 1.165) is 33.8 Å². The van der Waals surface area contributed by atoms with E-state index in [9.17, 15) is 14.7 Å². The van der Waals surface area contributed by atoms with Crippen LogP contribution in [-0.2, 0) is 17.8 Å². The van der Waals surface area contributed by atoms with Crippen molar-refractivity contribution in [3.05, 3.63) is 52.2 Å². The SMILES string of the molecule is CCCC(NC(=O)c1ccc(CNc2nc(C)nc3sc(CC)cc23)cc1)C(=O)O. The number of carboxylic acids is 1. The van der Waals surface area contributed by atoms with E-state index in [4.69, 9.17) is 0 Å². The third-order valence-electron chi connectivity index (χ3n) is 4.76. The second-order valence-corrected chi connectivity index (χ2v) is 8.22. The van der Waals surface area contributed by atoms with Gasteiger partial charge in [0.05, 0.1) is 5.39 Å². The Balaban J connectivity index is 1.68. The largest absolute Gasteiger partial charge is 0.480 e. The molecule has 3 rings (SSSR count). The van der Waals surface area contributed by atoms with Crippen molar-refractivity contribution in [3.8, 4) is 0 Å². The summed E-state index contributed by atoms with van der Waals surface area (Å²) in [6.45, 7) is 6.44. The first-order valence-corrected chi connectivity index (χ1v) is 10.9. The summed E-state index contributed by atoms with van der Waals surface area (Å²) in [5, 5.41) is 16.2. The van der Waals surface area contributed by atoms with Crippen molar-refractivity contribution in [2.45, 2.75) is 52.6 Å². The van der Waals surface area contributed by atoms with Gasteiger partial charge in [-0.2, -0.15) is 0 Å². The Morgan fingerprint density at radius 3 is 2.53 bits per heavy atom. The number of carboxylic acid groups (broad SMARTS) is 1. The molecule has 7 nitrogen and oxygen atoms in total. The molecule has 0 saturated carbocycles. The van der Waals surface area contributed by atoms with Crippen LogP contribution < -0.4 is 10.6 Å². The Morgan fingerprint density at radius 2 is 1.90 bits per heavy atom. The summed E-state index contributed by atoms with van der Waals surface area (Å²) in [6, 6.07) is 8.38. The van der Waals surface area contributed by atoms with Gasteiger partial charge in [-0.1, -0.05) is 32.4 Å². The zero-order chi connectivity index (χ0) is 21.7. The average Bonchev–Trinajstić information content (AvgIpc) is 3.15. The fourth-order valence-electron chi connectivity index (χ4n) is 3.13. The first kappa shape index (κ1) is 21.7. The quantitative estimate of drug-likeness (QED) is 0.475. The van der Waals surface area contributed by atoms with E-state index in [1.807, 2.05) is 26.0 Å². The van der Waals surface area contributed by atoms with Gasteiger partial charge in [-0.25, -0.2) is 14.8 Å². The second kappa shape index (κ2) is 9.67. The van der Waals surface area contributed by atoms with Crippen LogP contribution in [0.4, 0.5) is 5.82 Å². The summed E-state index contributed by atoms with van der Waals surface area (Å²) in [7, 11) is 0. The molecular weight excluding hydrogens is 400 g/mol. The smallest absolute Gasteiger partial charge is 0.326 e. The van der Waals surface area contributed by atoms with Gasteiger partial charge in [0, 0.05) is 17.0 Å². The van der Waals surface area contributed by atoms with Gasteiger partial charge >= 0.3 is 5.97 Å². The monoisotopic (exact) mass is 426 g/mol. The van der Waals surface area contributed by atoms with E-state index in [-0.39, 0.29) is 5.91 Å². The Kier molecular flexibility index (Phi) is 6.99. The molecular formula is C22H26N4O3S. The number of carbonyl (C=O) groups is 2. The van der Waals surface area contributed by atoms with Crippen LogP contribution in [0.1, 0.15) is 53.3 Å². The van der Waals surface area contributed by atoms with Crippen LogP contribution in [0, 0.1) is 6.92 Å². The highest BCUT2D eigenvalue weighted by Gasteiger charge is 2.19. The average molecular weight is 427 g/mol. The van der Waals surface area contributed by atoms with Crippen LogP contribution in [0.25, 0.3) is 10.2 Å². The van der Waals surface area contributed by atoms with Gasteiger partial charge in [0.2, 0.25) is 0 Å². The predicted molar refractivity (Wildman–Crippen MR) is 119 cm³/mol. The van der Waals surface area contributed by atoms with Gasteiger partial charge in [0.15, 0.2) is 0 Å². The fraction of sp³-hybridized carbons (Fsp3) is 0.364. The molecule has 0 spiro atoms. The number of aryl methyl sites for hydroxylation is 2. The summed E-state index contributed by atoms with van der Waals surface area (Å²) in [4.78, 5) is 34.9. The van der Waals surface area contributed by atoms with Crippen LogP contribution in [0.5, 0.6) is 0 Å². The summed E-state index contributed by atoms with van der Waals surface area (Å²) in [5.41, 5.74) is 1.43. The van der Waals surface area contributed by atoms with E-state index in [0.29, 0.717) is 24.9 Å². The van der Waals surface area contributed by atoms with Gasteiger partial charge < -0.3 is 15.7 Å². The topological polar surface area (TPSA) is 104 Å². The number of thiophene rings is 1. The standard InChI is InChI=1S/C22H26N4O3S/c1-4-6-18(22(28)29)26-20(27)15-9-7-14(8-10-15)12-23-19-17-11-16(5-2)30-21(17)25-13(3)24-19/h7-11,18H,4-6,12H2,1-3H3,(H,26,27)(H,28,29)(H,23,24,25). The molecule has 1 aromatic carbocycles. The van der Waals surface area contributed by atoms with Crippen LogP contribution in [0.15, 0.2) is 30.3 Å². The number of carbonyl (C=O) groups excluding carboxylic acids is 1. The summed E-state index contributed by atoms with van der Waals surface area (Å²) in [5.74, 6) is 0.131. The molecule has 0 fully saturated rings. The lowest BCUT2D eigenvalue weighted by atomic mass is 10.1. The Hall–Kier alpha value is -3.00. The highest BCUT2D eigenvalue weighted by molar-refractivity contribution is 7.18. The highest BCUT2D eigenvalue weighted by atomic mass is 32.1. The van der Waals surface area contributed by atoms with Crippen molar-refractivity contribution >= 4 is 39.2 Å². The summed E-state index contributed by atoms with van der Waals surface area (Å²) >= 11 is 1.69. The van der Waals surface area contributed by atoms with Gasteiger partial charge in [0.25, 0.3) is 5.91 Å². The van der Waals surface area contributed by atoms with Gasteiger partial charge in [-0.15, -0.1) is 11.3 Å². The van der Waals surface area contributed by atoms with E-state index >= 15 is 0 Å². The minimum atomic E-state index is -1.02. The van der Waals surface area contributed by atoms with Crippen molar-refractivity contribution in [2.75, 3.05) is 5.32 Å². The molecule has 2 aromatic heterocycles. The molecule has 0 saturated heterocycles. The summed E-state index contributed by atoms with van der Waals surface area (Å²) in [6.07, 6.45) is 2.05. The Labute approximate surface area is 179 Å². The zero-order valence-electron chi connectivity index (χ0n) is 17.4. The Bertz CT molecular complexity index is 1050. The number of fused-ring (bicyclic) bond motifs is 1. The number of hydrogen-bond donors (Lipinski definition) is 3. The molecule has 0 radical (unpaired) electrons. The molecule has 2 heterocycles. The van der Waals surface area contributed by atoms with Crippen LogP contribution >= 0.6 is 11.3 Å². The lowest BCUT2D eigenvalue weighted by Crippen LogP contribution is -2.40. The predicted octanol–water partition coefficient (Wildman–Crippen LogP) is 4.16. The van der Waals surface area contributed by atoms with Gasteiger partial charge in [-0.3, -0.25) is 4.79 Å². The number of aliphatic carboxylic acids is 1. The lowest BCUT2D eigenvalue weighted by Gasteiger charge is -2.14. The first-order valence-electron chi connectivity index (χ1n) is 10.0. The fourth-order valence-corrected chi connectivity index (χ4v) is 4.15. The highest BCUT2D eigenvalue weighted by Crippen LogP contribution is 2.29. The molecule has 0 aliphatic heterocycles. The second-order valence-electron chi connectivity index (χ2n) is 7.11. The van der Waals surface area contributed by atoms with E-state index in [2.05, 4.69) is 33.6 Å².